The van der Waals surface area contributed by atoms with Crippen LogP contribution in [0.15, 0.2) is 0 Å². The Morgan fingerprint density at radius 1 is 1.18 bits per heavy atom. The number of nitrogens with two attached hydrogens (primary N) is 1. The first-order chi connectivity index (χ1) is 7.97. The van der Waals surface area contributed by atoms with Gasteiger partial charge in [0.1, 0.15) is 0 Å². The second kappa shape index (κ2) is 7.38. The quantitative estimate of drug-likeness (QED) is 0.690. The molecule has 17 heavy (non-hydrogen) atoms. The topological polar surface area (TPSA) is 36.8 Å². The molecule has 0 heterocycles. The maximum Gasteiger partial charge on any atom is 0.0861 e. The van der Waals surface area contributed by atoms with Gasteiger partial charge in [-0.2, -0.15) is 0 Å². The number of hydrogen-bond acceptors (Lipinski definition) is 1. The van der Waals surface area contributed by atoms with Crippen molar-refractivity contribution in [1.82, 2.24) is 0 Å². The molecule has 0 aromatic heterocycles. The summed E-state index contributed by atoms with van der Waals surface area (Å²) in [5.41, 5.74) is -0.484. The standard InChI is InChI=1S/C15H31NO/c1-13(9-8-12-15(2,3)17)16-14-10-6-4-5-7-11-14/h13-14,16-17H,4-12H2,1-3H3/p+1/t13-/m1/s1. The predicted octanol–water partition coefficient (Wildman–Crippen LogP) is 2.60. The average molecular weight is 242 g/mol. The van der Waals surface area contributed by atoms with Crippen LogP contribution in [0.25, 0.3) is 0 Å². The zero-order chi connectivity index (χ0) is 12.7. The fraction of sp³-hybridized carbons (Fsp3) is 1.00. The molecule has 1 atom stereocenters. The largest absolute Gasteiger partial charge is 0.390 e. The van der Waals surface area contributed by atoms with Crippen LogP contribution in [0.5, 0.6) is 0 Å². The van der Waals surface area contributed by atoms with Crippen molar-refractivity contribution < 1.29 is 10.4 Å². The Kier molecular flexibility index (Phi) is 6.50. The minimum atomic E-state index is -0.484. The van der Waals surface area contributed by atoms with Crippen LogP contribution in [0.1, 0.15) is 78.6 Å². The van der Waals surface area contributed by atoms with Gasteiger partial charge < -0.3 is 10.4 Å². The Hall–Kier alpha value is -0.0800. The third-order valence-corrected chi connectivity index (χ3v) is 3.95. The highest BCUT2D eigenvalue weighted by atomic mass is 16.3. The third kappa shape index (κ3) is 7.77. The summed E-state index contributed by atoms with van der Waals surface area (Å²) < 4.78 is 0. The lowest BCUT2D eigenvalue weighted by atomic mass is 9.99. The van der Waals surface area contributed by atoms with Crippen molar-refractivity contribution in [3.63, 3.8) is 0 Å². The Morgan fingerprint density at radius 3 is 2.29 bits per heavy atom. The molecule has 3 N–H and O–H groups in total. The number of aliphatic hydroxyl groups is 1. The molecular formula is C15H32NO+. The highest BCUT2D eigenvalue weighted by molar-refractivity contribution is 4.66. The van der Waals surface area contributed by atoms with Gasteiger partial charge >= 0.3 is 0 Å². The molecule has 2 heteroatoms. The zero-order valence-corrected chi connectivity index (χ0v) is 12.0. The molecule has 0 aromatic rings. The van der Waals surface area contributed by atoms with Crippen LogP contribution < -0.4 is 5.32 Å². The van der Waals surface area contributed by atoms with Gasteiger partial charge in [-0.15, -0.1) is 0 Å². The first kappa shape index (κ1) is 15.0. The monoisotopic (exact) mass is 242 g/mol. The molecule has 1 saturated carbocycles. The average Bonchev–Trinajstić information content (AvgIpc) is 2.44. The Labute approximate surface area is 107 Å². The fourth-order valence-corrected chi connectivity index (χ4v) is 2.92. The zero-order valence-electron chi connectivity index (χ0n) is 12.0. The normalized spacial score (nSPS) is 21.2. The van der Waals surface area contributed by atoms with Gasteiger partial charge in [0, 0.05) is 0 Å². The summed E-state index contributed by atoms with van der Waals surface area (Å²) in [7, 11) is 0. The van der Waals surface area contributed by atoms with Crippen LogP contribution in [0.4, 0.5) is 0 Å². The van der Waals surface area contributed by atoms with E-state index in [0.717, 1.165) is 24.9 Å². The van der Waals surface area contributed by atoms with E-state index in [2.05, 4.69) is 12.2 Å². The molecule has 0 radical (unpaired) electrons. The molecular weight excluding hydrogens is 210 g/mol. The summed E-state index contributed by atoms with van der Waals surface area (Å²) in [4.78, 5) is 0. The van der Waals surface area contributed by atoms with Crippen molar-refractivity contribution in [2.45, 2.75) is 96.2 Å². The number of hydrogen-bond donors (Lipinski definition) is 2. The molecule has 0 bridgehead atoms. The minimum Gasteiger partial charge on any atom is -0.390 e. The Balaban J connectivity index is 2.12. The van der Waals surface area contributed by atoms with Gasteiger partial charge in [-0.1, -0.05) is 12.8 Å². The minimum absolute atomic E-state index is 0.484. The maximum atomic E-state index is 9.68. The molecule has 2 nitrogen and oxygen atoms in total. The van der Waals surface area contributed by atoms with E-state index >= 15 is 0 Å². The van der Waals surface area contributed by atoms with Crippen LogP contribution in [-0.2, 0) is 0 Å². The van der Waals surface area contributed by atoms with Gasteiger partial charge in [0.25, 0.3) is 0 Å². The van der Waals surface area contributed by atoms with E-state index in [-0.39, 0.29) is 0 Å². The molecule has 0 saturated heterocycles. The summed E-state index contributed by atoms with van der Waals surface area (Å²) in [6.45, 7) is 6.16. The van der Waals surface area contributed by atoms with Gasteiger partial charge in [0.05, 0.1) is 17.7 Å². The highest BCUT2D eigenvalue weighted by Gasteiger charge is 2.19. The molecule has 0 amide bonds. The lowest BCUT2D eigenvalue weighted by Crippen LogP contribution is -2.94. The van der Waals surface area contributed by atoms with Crippen molar-refractivity contribution in [3.8, 4) is 0 Å². The second-order valence-corrected chi connectivity index (χ2v) is 6.63. The first-order valence-electron chi connectivity index (χ1n) is 7.55. The van der Waals surface area contributed by atoms with Crippen LogP contribution in [-0.4, -0.2) is 22.8 Å². The van der Waals surface area contributed by atoms with Crippen LogP contribution in [0.2, 0.25) is 0 Å². The van der Waals surface area contributed by atoms with Gasteiger partial charge in [-0.25, -0.2) is 0 Å². The van der Waals surface area contributed by atoms with Crippen molar-refractivity contribution in [2.75, 3.05) is 0 Å². The van der Waals surface area contributed by atoms with Crippen molar-refractivity contribution >= 4 is 0 Å². The van der Waals surface area contributed by atoms with E-state index in [0.29, 0.717) is 0 Å². The molecule has 0 aliphatic heterocycles. The fourth-order valence-electron chi connectivity index (χ4n) is 2.92. The summed E-state index contributed by atoms with van der Waals surface area (Å²) in [6.07, 6.45) is 11.9. The van der Waals surface area contributed by atoms with Gasteiger partial charge in [0.2, 0.25) is 0 Å². The predicted molar refractivity (Wildman–Crippen MR) is 73.0 cm³/mol. The molecule has 0 aromatic carbocycles. The van der Waals surface area contributed by atoms with E-state index in [9.17, 15) is 5.11 Å². The van der Waals surface area contributed by atoms with Gasteiger partial charge in [0.15, 0.2) is 0 Å². The summed E-state index contributed by atoms with van der Waals surface area (Å²) in [6, 6.07) is 1.59. The second-order valence-electron chi connectivity index (χ2n) is 6.63. The molecule has 102 valence electrons. The Morgan fingerprint density at radius 2 is 1.76 bits per heavy atom. The smallest absolute Gasteiger partial charge is 0.0861 e. The SMILES string of the molecule is C[C@H](CCCC(C)(C)O)[NH2+]C1CCCCCC1. The van der Waals surface area contributed by atoms with Gasteiger partial charge in [-0.3, -0.25) is 0 Å². The van der Waals surface area contributed by atoms with E-state index in [1.165, 1.54) is 44.9 Å². The van der Waals surface area contributed by atoms with Crippen LogP contribution in [0, 0.1) is 0 Å². The van der Waals surface area contributed by atoms with E-state index in [1.807, 2.05) is 13.8 Å². The lowest BCUT2D eigenvalue weighted by Gasteiger charge is -2.21. The van der Waals surface area contributed by atoms with Crippen LogP contribution >= 0.6 is 0 Å². The molecule has 1 fully saturated rings. The van der Waals surface area contributed by atoms with Crippen molar-refractivity contribution in [1.29, 1.82) is 0 Å². The lowest BCUT2D eigenvalue weighted by molar-refractivity contribution is -0.720. The molecule has 1 rings (SSSR count). The van der Waals surface area contributed by atoms with Crippen LogP contribution in [0.3, 0.4) is 0 Å². The molecule has 0 unspecified atom stereocenters. The summed E-state index contributed by atoms with van der Waals surface area (Å²) in [5, 5.41) is 12.3. The number of rotatable bonds is 6. The van der Waals surface area contributed by atoms with E-state index in [4.69, 9.17) is 0 Å². The molecule has 1 aliphatic rings. The molecule has 0 spiro atoms. The third-order valence-electron chi connectivity index (χ3n) is 3.95. The molecule has 1 aliphatic carbocycles. The van der Waals surface area contributed by atoms with Gasteiger partial charge in [-0.05, 0) is 65.7 Å². The highest BCUT2D eigenvalue weighted by Crippen LogP contribution is 2.16. The first-order valence-corrected chi connectivity index (χ1v) is 7.55. The summed E-state index contributed by atoms with van der Waals surface area (Å²) in [5.74, 6) is 0. The summed E-state index contributed by atoms with van der Waals surface area (Å²) >= 11 is 0. The maximum absolute atomic E-state index is 9.68. The van der Waals surface area contributed by atoms with E-state index < -0.39 is 5.60 Å². The van der Waals surface area contributed by atoms with Crippen molar-refractivity contribution in [3.05, 3.63) is 0 Å². The van der Waals surface area contributed by atoms with Crippen molar-refractivity contribution in [2.24, 2.45) is 0 Å². The van der Waals surface area contributed by atoms with E-state index in [1.54, 1.807) is 0 Å². The Bertz CT molecular complexity index is 190. The number of quaternary nitrogens is 1.